The van der Waals surface area contributed by atoms with Crippen LogP contribution >= 0.6 is 58.0 Å². The first-order chi connectivity index (χ1) is 68.7. The van der Waals surface area contributed by atoms with E-state index in [4.69, 9.17) is 121 Å². The van der Waals surface area contributed by atoms with Gasteiger partial charge >= 0.3 is 0 Å². The van der Waals surface area contributed by atoms with Crippen molar-refractivity contribution in [2.45, 2.75) is 189 Å². The van der Waals surface area contributed by atoms with Gasteiger partial charge in [0, 0.05) is 122 Å². The van der Waals surface area contributed by atoms with Gasteiger partial charge in [-0.2, -0.15) is 0 Å². The number of ether oxygens (including phenoxy) is 5. The Hall–Kier alpha value is -6.75. The van der Waals surface area contributed by atoms with Crippen molar-refractivity contribution >= 4 is 58.0 Å². The van der Waals surface area contributed by atoms with E-state index >= 15 is 0 Å². The van der Waals surface area contributed by atoms with Crippen molar-refractivity contribution in [1.29, 1.82) is 0 Å². The second-order valence-corrected chi connectivity index (χ2v) is 32.6. The van der Waals surface area contributed by atoms with Crippen molar-refractivity contribution in [1.82, 2.24) is 24.5 Å². The topological polar surface area (TPSA) is 62.3 Å². The number of nitrogens with zero attached hydrogens (tertiary/aromatic N) is 5. The van der Waals surface area contributed by atoms with Crippen LogP contribution in [0, 0.1) is 0 Å². The fourth-order valence-electron chi connectivity index (χ4n) is 14.5. The Morgan fingerprint density at radius 1 is 0.300 bits per heavy atom. The van der Waals surface area contributed by atoms with Crippen molar-refractivity contribution in [2.24, 2.45) is 0 Å². The summed E-state index contributed by atoms with van der Waals surface area (Å²) in [6.07, 6.45) is -19.1. The van der Waals surface area contributed by atoms with Crippen LogP contribution in [0.3, 0.4) is 0 Å². The van der Waals surface area contributed by atoms with Crippen molar-refractivity contribution in [3.63, 3.8) is 0 Å². The summed E-state index contributed by atoms with van der Waals surface area (Å²) in [6.45, 7) is -2.54. The van der Waals surface area contributed by atoms with Crippen LogP contribution in [-0.2, 0) is 51.7 Å². The monoisotopic (exact) mass is 1750 g/mol. The molecule has 0 bridgehead atoms. The summed E-state index contributed by atoms with van der Waals surface area (Å²) in [5, 5.41) is 2.88. The highest BCUT2D eigenvalue weighted by atomic mass is 35.5. The van der Waals surface area contributed by atoms with E-state index in [0.29, 0.717) is 63.6 Å². The molecule has 10 atom stereocenters. The predicted octanol–water partition coefficient (Wildman–Crippen LogP) is 25.5. The zero-order valence-electron chi connectivity index (χ0n) is 98.8. The minimum atomic E-state index is -3.20. The number of rotatable bonds is 30. The molecule has 120 heavy (non-hydrogen) atoms. The van der Waals surface area contributed by atoms with E-state index in [1.54, 1.807) is 129 Å². The van der Waals surface area contributed by atoms with Gasteiger partial charge in [0.1, 0.15) is 28.0 Å². The lowest BCUT2D eigenvalue weighted by Gasteiger charge is -2.32. The Balaban J connectivity index is 0.000000177. The maximum atomic E-state index is 8.75. The minimum Gasteiger partial charge on any atom is -0.366 e. The molecule has 10 aromatic carbocycles. The highest BCUT2D eigenvalue weighted by molar-refractivity contribution is 6.31. The van der Waals surface area contributed by atoms with E-state index in [1.807, 2.05) is 186 Å². The van der Waals surface area contributed by atoms with Crippen LogP contribution in [0.25, 0.3) is 0 Å². The van der Waals surface area contributed by atoms with E-state index in [0.717, 1.165) is 91.1 Å². The Morgan fingerprint density at radius 2 is 0.550 bits per heavy atom. The normalized spacial score (nSPS) is 30.5. The molecule has 15 rings (SSSR count). The fourth-order valence-corrected chi connectivity index (χ4v) is 15.2. The van der Waals surface area contributed by atoms with Crippen LogP contribution in [0.4, 0.5) is 0 Å². The van der Waals surface area contributed by atoms with Crippen molar-refractivity contribution < 1.29 is 63.4 Å². The van der Waals surface area contributed by atoms with Crippen LogP contribution in [0.5, 0.6) is 0 Å². The van der Waals surface area contributed by atoms with E-state index in [9.17, 15) is 0 Å². The van der Waals surface area contributed by atoms with Gasteiger partial charge in [-0.15, -0.1) is 0 Å². The Labute approximate surface area is 785 Å². The van der Waals surface area contributed by atoms with Gasteiger partial charge in [-0.25, -0.2) is 0 Å². The molecule has 0 aliphatic carbocycles. The van der Waals surface area contributed by atoms with Gasteiger partial charge in [-0.3, -0.25) is 0 Å². The van der Waals surface area contributed by atoms with E-state index in [-0.39, 0.29) is 31.7 Å². The molecule has 5 saturated heterocycles. The molecule has 0 N–H and O–H groups in total. The summed E-state index contributed by atoms with van der Waals surface area (Å²) < 4.78 is 272. The number of hydrogen-bond acceptors (Lipinski definition) is 10. The van der Waals surface area contributed by atoms with Gasteiger partial charge in [0.05, 0.1) is 5.48 Å². The van der Waals surface area contributed by atoms with E-state index < -0.39 is 143 Å². The maximum absolute atomic E-state index is 8.75. The number of likely N-dealkylation sites (tertiary alicyclic amines) is 5. The van der Waals surface area contributed by atoms with Gasteiger partial charge in [-0.05, 0) is 315 Å². The van der Waals surface area contributed by atoms with Gasteiger partial charge in [0.25, 0.3) is 0 Å². The Kier molecular flexibility index (Phi) is 23.7. The predicted molar refractivity (Wildman–Crippen MR) is 503 cm³/mol. The van der Waals surface area contributed by atoms with Crippen molar-refractivity contribution in [3.05, 3.63) is 354 Å². The average molecular weight is 1750 g/mol. The van der Waals surface area contributed by atoms with Gasteiger partial charge in [-0.1, -0.05) is 270 Å². The molecule has 5 fully saturated rings. The lowest BCUT2D eigenvalue weighted by Crippen LogP contribution is -2.31. The second-order valence-electron chi connectivity index (χ2n) is 30.4. The summed E-state index contributed by atoms with van der Waals surface area (Å²) >= 11 is 30.2. The number of hydrogen-bond donors (Lipinski definition) is 0. The summed E-state index contributed by atoms with van der Waals surface area (Å²) in [6, 6.07) is 75.1. The van der Waals surface area contributed by atoms with Gasteiger partial charge in [0.15, 0.2) is 0 Å². The lowest BCUT2D eigenvalue weighted by molar-refractivity contribution is -0.0119. The highest BCUT2D eigenvalue weighted by Crippen LogP contribution is 2.41. The largest absolute Gasteiger partial charge is 0.366 e. The molecule has 15 heteroatoms. The van der Waals surface area contributed by atoms with Gasteiger partial charge in [0.2, 0.25) is 0 Å². The zero-order valence-corrected chi connectivity index (χ0v) is 73.6. The molecule has 0 radical (unpaired) electrons. The first-order valence-electron chi connectivity index (χ1n) is 54.8. The highest BCUT2D eigenvalue weighted by Gasteiger charge is 2.37. The summed E-state index contributed by atoms with van der Waals surface area (Å²) in [5.41, 5.74) is 2.78. The maximum Gasteiger partial charge on any atom is 0.115 e. The first-order valence-corrected chi connectivity index (χ1v) is 42.2. The quantitative estimate of drug-likeness (QED) is 0.0435. The smallest absolute Gasteiger partial charge is 0.115 e. The first kappa shape index (κ1) is 61.6. The standard InChI is InChI=1S/5C21H26ClNO/c5*1-21(17-7-4-3-5-8-17,18-10-12-19(22)13-11-18)24-16-14-20-9-6-15-23(20)2/h5*3-5,7-8,10-13,20H,6,9,14-16H2,1-2H3/t5*20-,21-/m11111/s1/i6D2,9D2,15D2,16D2,20D;6D2,9D2,14D2,15D2,20D;6D2,9D2,15D2,20D;16D2;14D2. The van der Waals surface area contributed by atoms with Crippen LogP contribution < -0.4 is 0 Å². The third-order valence-corrected chi connectivity index (χ3v) is 23.6. The molecule has 10 aromatic rings. The third kappa shape index (κ3) is 26.0. The number of halogens is 5. The van der Waals surface area contributed by atoms with Crippen LogP contribution in [0.1, 0.15) is 226 Å². The minimum absolute atomic E-state index is 0.0377. The Morgan fingerprint density at radius 3 is 0.833 bits per heavy atom. The molecule has 0 spiro atoms. The van der Waals surface area contributed by atoms with E-state index in [2.05, 4.69) is 16.8 Å². The van der Waals surface area contributed by atoms with Crippen molar-refractivity contribution in [2.75, 3.05) is 101 Å². The number of benzene rings is 10. The molecule has 0 aromatic heterocycles. The summed E-state index contributed by atoms with van der Waals surface area (Å²) in [5.74, 6) is 0. The summed E-state index contributed by atoms with van der Waals surface area (Å²) in [4.78, 5) is 6.27. The van der Waals surface area contributed by atoms with Crippen LogP contribution in [-0.4, -0.2) is 155 Å². The molecular formula is C105H130Cl5N5O5. The van der Waals surface area contributed by atoms with Crippen LogP contribution in [0.2, 0.25) is 25.1 Å². The summed E-state index contributed by atoms with van der Waals surface area (Å²) in [7, 11) is 7.39. The van der Waals surface area contributed by atoms with E-state index in [1.165, 1.54) is 7.05 Å². The fraction of sp³-hybridized carbons (Fsp3) is 0.429. The molecular weight excluding hydrogens is 1590 g/mol. The molecule has 5 heterocycles. The molecule has 0 saturated carbocycles. The Bertz CT molecular complexity index is 6080. The molecule has 5 aliphatic rings. The molecule has 5 aliphatic heterocycles. The molecule has 10 nitrogen and oxygen atoms in total. The third-order valence-electron chi connectivity index (χ3n) is 22.3. The van der Waals surface area contributed by atoms with Crippen LogP contribution in [0.15, 0.2) is 273 Å². The molecule has 640 valence electrons. The van der Waals surface area contributed by atoms with Gasteiger partial charge < -0.3 is 48.2 Å². The van der Waals surface area contributed by atoms with Crippen molar-refractivity contribution in [3.8, 4) is 0 Å². The lowest BCUT2D eigenvalue weighted by atomic mass is 9.88. The molecule has 0 amide bonds. The SMILES string of the molecule is [2H]C([2H])(CO[C@](C)(c1ccccc1)c1ccc(Cl)cc1)[C@H]1CCCN1C.[2H]C([2H])(C[C@H]1CCCN1C)O[C@](C)(c1ccccc1)c1ccc(Cl)cc1.[2H]C([2H])(C[C@]1([2H])N(C)C([2H])([2H])C([2H])([2H])C1([2H])[2H])O[C@](C)(c1ccccc1)c1ccc(Cl)cc1.[2H]C1([2H])N(C)[C@@]([2H])(C([2H])([2H])CO[C@](C)(c2ccccc2)c2ccc(Cl)cc2)C([2H])([2H])C1([2H])[2H].[2H]C1([2H])N(C)[C@@]([2H])(CCO[C@](C)(c2ccccc2)c2ccc(Cl)cc2)C([2H])([2H])C1([2H])[2H]. The molecule has 0 unspecified atom stereocenters. The zero-order chi connectivity index (χ0) is 111. The average Bonchev–Trinajstić information content (AvgIpc) is 1.50. The second kappa shape index (κ2) is 46.3.